The van der Waals surface area contributed by atoms with Crippen LogP contribution in [0.25, 0.3) is 0 Å². The van der Waals surface area contributed by atoms with Crippen molar-refractivity contribution in [3.63, 3.8) is 0 Å². The summed E-state index contributed by atoms with van der Waals surface area (Å²) in [6.07, 6.45) is 2.70. The first-order valence-corrected chi connectivity index (χ1v) is 11.7. The van der Waals surface area contributed by atoms with E-state index in [0.29, 0.717) is 21.6 Å². The third-order valence-corrected chi connectivity index (χ3v) is 8.63. The Morgan fingerprint density at radius 2 is 1.94 bits per heavy atom. The van der Waals surface area contributed by atoms with Gasteiger partial charge in [-0.25, -0.2) is 22.2 Å². The number of anilines is 1. The minimum atomic E-state index is -5.65. The van der Waals surface area contributed by atoms with Crippen molar-refractivity contribution in [2.24, 2.45) is 11.3 Å². The minimum Gasteiger partial charge on any atom is -0.361 e. The standard InChI is InChI=1S/C20H21F5N4O2S/c21-18(22)13-1-2-16-14(3-13)8-28(32(30,31)20(23,24)25)10-17(19-4-12(5-19)6-19)29(16)9-15-7-26-11-27-15/h1-3,7,11-12,17-18H,4-6,8-10H2,(H,26,27)/t12?,17-,19?/m0/s1. The molecule has 12 heteroatoms. The molecular formula is C20H21F5N4O2S. The van der Waals surface area contributed by atoms with E-state index in [1.54, 1.807) is 6.20 Å². The summed E-state index contributed by atoms with van der Waals surface area (Å²) in [4.78, 5) is 8.83. The smallest absolute Gasteiger partial charge is 0.361 e. The number of fused-ring (bicyclic) bond motifs is 1. The van der Waals surface area contributed by atoms with Gasteiger partial charge in [-0.1, -0.05) is 6.07 Å². The first-order valence-electron chi connectivity index (χ1n) is 10.2. The molecule has 0 amide bonds. The fourth-order valence-corrected chi connectivity index (χ4v) is 6.36. The Labute approximate surface area is 181 Å². The molecule has 32 heavy (non-hydrogen) atoms. The van der Waals surface area contributed by atoms with Crippen molar-refractivity contribution < 1.29 is 30.4 Å². The Balaban J connectivity index is 1.64. The van der Waals surface area contributed by atoms with Gasteiger partial charge in [-0.2, -0.15) is 17.5 Å². The minimum absolute atomic E-state index is 0.129. The van der Waals surface area contributed by atoms with E-state index in [1.807, 2.05) is 4.90 Å². The first kappa shape index (κ1) is 21.6. The number of H-pyrrole nitrogens is 1. The third kappa shape index (κ3) is 3.30. The fraction of sp³-hybridized carbons (Fsp3) is 0.550. The Morgan fingerprint density at radius 1 is 1.22 bits per heavy atom. The quantitative estimate of drug-likeness (QED) is 0.658. The van der Waals surface area contributed by atoms with Gasteiger partial charge in [0.2, 0.25) is 0 Å². The average molecular weight is 476 g/mol. The summed E-state index contributed by atoms with van der Waals surface area (Å²) >= 11 is 0. The fourth-order valence-electron chi connectivity index (χ4n) is 5.42. The number of hydrogen-bond donors (Lipinski definition) is 1. The topological polar surface area (TPSA) is 69.3 Å². The van der Waals surface area contributed by atoms with Crippen molar-refractivity contribution in [2.45, 2.75) is 50.3 Å². The molecule has 2 aromatic rings. The third-order valence-electron chi connectivity index (χ3n) is 7.08. The predicted molar refractivity (Wildman–Crippen MR) is 105 cm³/mol. The van der Waals surface area contributed by atoms with Crippen molar-refractivity contribution in [2.75, 3.05) is 11.4 Å². The van der Waals surface area contributed by atoms with E-state index < -0.39 is 34.5 Å². The second-order valence-corrected chi connectivity index (χ2v) is 10.9. The maximum absolute atomic E-state index is 13.5. The van der Waals surface area contributed by atoms with E-state index in [4.69, 9.17) is 0 Å². The van der Waals surface area contributed by atoms with E-state index in [0.717, 1.165) is 25.3 Å². The zero-order valence-electron chi connectivity index (χ0n) is 16.8. The first-order chi connectivity index (χ1) is 15.0. The lowest BCUT2D eigenvalue weighted by atomic mass is 9.41. The summed E-state index contributed by atoms with van der Waals surface area (Å²) in [5, 5.41) is 0. The van der Waals surface area contributed by atoms with E-state index in [9.17, 15) is 30.4 Å². The van der Waals surface area contributed by atoms with Crippen LogP contribution in [0.15, 0.2) is 30.7 Å². The summed E-state index contributed by atoms with van der Waals surface area (Å²) < 4.78 is 92.4. The Morgan fingerprint density at radius 3 is 2.47 bits per heavy atom. The van der Waals surface area contributed by atoms with Crippen molar-refractivity contribution in [1.82, 2.24) is 14.3 Å². The van der Waals surface area contributed by atoms with Gasteiger partial charge in [0.1, 0.15) is 0 Å². The highest BCUT2D eigenvalue weighted by Gasteiger charge is 2.63. The molecule has 1 aromatic carbocycles. The molecule has 3 aliphatic carbocycles. The SMILES string of the molecule is O=S(=O)(N1Cc2cc(C(F)F)ccc2N(Cc2cnc[nH]2)[C@H](C23CC(C2)C3)C1)C(F)(F)F. The number of nitrogens with zero attached hydrogens (tertiary/aromatic N) is 3. The predicted octanol–water partition coefficient (Wildman–Crippen LogP) is 4.19. The molecule has 6 nitrogen and oxygen atoms in total. The van der Waals surface area contributed by atoms with Crippen LogP contribution in [-0.4, -0.2) is 40.8 Å². The summed E-state index contributed by atoms with van der Waals surface area (Å²) in [7, 11) is -5.65. The van der Waals surface area contributed by atoms with Crippen LogP contribution in [-0.2, 0) is 23.1 Å². The van der Waals surface area contributed by atoms with Crippen LogP contribution in [0.4, 0.5) is 27.6 Å². The molecule has 0 radical (unpaired) electrons. The molecule has 4 aliphatic rings. The molecule has 0 saturated heterocycles. The van der Waals surface area contributed by atoms with Gasteiger partial charge in [-0.3, -0.25) is 0 Å². The van der Waals surface area contributed by atoms with Crippen molar-refractivity contribution in [3.8, 4) is 0 Å². The molecule has 3 saturated carbocycles. The summed E-state index contributed by atoms with van der Waals surface area (Å²) in [5.74, 6) is 0.514. The highest BCUT2D eigenvalue weighted by atomic mass is 32.2. The van der Waals surface area contributed by atoms with Gasteiger partial charge in [-0.05, 0) is 48.3 Å². The number of nitrogens with one attached hydrogen (secondary N) is 1. The second-order valence-electron chi connectivity index (χ2n) is 8.99. The van der Waals surface area contributed by atoms with Gasteiger partial charge < -0.3 is 9.88 Å². The average Bonchev–Trinajstić information content (AvgIpc) is 3.09. The van der Waals surface area contributed by atoms with Gasteiger partial charge in [0.15, 0.2) is 0 Å². The van der Waals surface area contributed by atoms with Crippen LogP contribution < -0.4 is 4.90 Å². The summed E-state index contributed by atoms with van der Waals surface area (Å²) in [5.41, 5.74) is -4.83. The monoisotopic (exact) mass is 476 g/mol. The van der Waals surface area contributed by atoms with Crippen LogP contribution >= 0.6 is 0 Å². The van der Waals surface area contributed by atoms with Crippen molar-refractivity contribution in [3.05, 3.63) is 47.5 Å². The number of aromatic amines is 1. The molecule has 3 fully saturated rings. The molecule has 1 atom stereocenters. The molecule has 6 rings (SSSR count). The molecule has 2 heterocycles. The van der Waals surface area contributed by atoms with Crippen LogP contribution in [0.1, 0.15) is 42.5 Å². The number of imidazole rings is 1. The molecule has 0 unspecified atom stereocenters. The van der Waals surface area contributed by atoms with Gasteiger partial charge in [-0.15, -0.1) is 0 Å². The second kappa shape index (κ2) is 7.14. The Hall–Kier alpha value is -2.21. The van der Waals surface area contributed by atoms with Gasteiger partial charge in [0.25, 0.3) is 6.43 Å². The lowest BCUT2D eigenvalue weighted by molar-refractivity contribution is -0.129. The highest BCUT2D eigenvalue weighted by Crippen LogP contribution is 2.67. The van der Waals surface area contributed by atoms with Crippen LogP contribution in [0.3, 0.4) is 0 Å². The normalized spacial score (nSPS) is 28.1. The number of sulfonamides is 1. The highest BCUT2D eigenvalue weighted by molar-refractivity contribution is 7.89. The Bertz CT molecular complexity index is 1100. The number of rotatable bonds is 5. The number of hydrogen-bond acceptors (Lipinski definition) is 4. The van der Waals surface area contributed by atoms with Crippen molar-refractivity contribution >= 4 is 15.7 Å². The van der Waals surface area contributed by atoms with E-state index >= 15 is 0 Å². The molecule has 1 N–H and O–H groups in total. The zero-order valence-corrected chi connectivity index (χ0v) is 17.6. The largest absolute Gasteiger partial charge is 0.511 e. The van der Waals surface area contributed by atoms with Gasteiger partial charge in [0.05, 0.1) is 18.6 Å². The zero-order chi connectivity index (χ0) is 22.9. The van der Waals surface area contributed by atoms with Gasteiger partial charge >= 0.3 is 15.5 Å². The number of halogens is 5. The number of benzene rings is 1. The maximum atomic E-state index is 13.5. The van der Waals surface area contributed by atoms with Crippen LogP contribution in [0.5, 0.6) is 0 Å². The van der Waals surface area contributed by atoms with Crippen LogP contribution in [0, 0.1) is 11.3 Å². The summed E-state index contributed by atoms with van der Waals surface area (Å²) in [6, 6.07) is 3.31. The number of alkyl halides is 5. The van der Waals surface area contributed by atoms with Gasteiger partial charge in [0, 0.05) is 36.6 Å². The molecule has 1 aliphatic heterocycles. The number of aromatic nitrogens is 2. The van der Waals surface area contributed by atoms with E-state index in [1.165, 1.54) is 18.5 Å². The molecular weight excluding hydrogens is 455 g/mol. The molecule has 174 valence electrons. The molecule has 0 spiro atoms. The lowest BCUT2D eigenvalue weighted by Crippen LogP contribution is -2.66. The molecule has 2 bridgehead atoms. The summed E-state index contributed by atoms with van der Waals surface area (Å²) in [6.45, 7) is -0.730. The Kier molecular flexibility index (Phi) is 4.83. The maximum Gasteiger partial charge on any atom is 0.511 e. The lowest BCUT2D eigenvalue weighted by Gasteiger charge is -2.67. The molecule has 1 aromatic heterocycles. The van der Waals surface area contributed by atoms with E-state index in [2.05, 4.69) is 9.97 Å². The van der Waals surface area contributed by atoms with Crippen LogP contribution in [0.2, 0.25) is 0 Å². The van der Waals surface area contributed by atoms with Crippen molar-refractivity contribution in [1.29, 1.82) is 0 Å². The van der Waals surface area contributed by atoms with E-state index in [-0.39, 0.29) is 29.6 Å².